The van der Waals surface area contributed by atoms with Gasteiger partial charge in [0.15, 0.2) is 0 Å². The Labute approximate surface area is 172 Å². The fourth-order valence-corrected chi connectivity index (χ4v) is 2.39. The van der Waals surface area contributed by atoms with Crippen molar-refractivity contribution in [3.63, 3.8) is 0 Å². The van der Waals surface area contributed by atoms with E-state index in [0.29, 0.717) is 29.9 Å². The molecule has 1 heterocycles. The summed E-state index contributed by atoms with van der Waals surface area (Å²) in [6.45, 7) is 0.699. The normalized spacial score (nSPS) is 9.52. The molecule has 2 amide bonds. The number of hydrogen-bond acceptors (Lipinski definition) is 4. The maximum absolute atomic E-state index is 12.1. The number of amides is 2. The van der Waals surface area contributed by atoms with Crippen LogP contribution in [0.25, 0.3) is 0 Å². The van der Waals surface area contributed by atoms with E-state index >= 15 is 0 Å². The van der Waals surface area contributed by atoms with E-state index in [0.717, 1.165) is 25.7 Å². The molecule has 0 aliphatic carbocycles. The summed E-state index contributed by atoms with van der Waals surface area (Å²) in [6.07, 6.45) is 7.54. The number of nitrogens with zero attached hydrogens (tertiary/aromatic N) is 1. The number of benzene rings is 1. The molecule has 0 spiro atoms. The van der Waals surface area contributed by atoms with Crippen LogP contribution in [0.3, 0.4) is 0 Å². The molecule has 8 heteroatoms. The zero-order valence-corrected chi connectivity index (χ0v) is 16.7. The van der Waals surface area contributed by atoms with Gasteiger partial charge in [-0.3, -0.25) is 14.6 Å². The van der Waals surface area contributed by atoms with Crippen LogP contribution in [0, 0.1) is 0 Å². The Hall–Kier alpha value is -2.15. The highest BCUT2D eigenvalue weighted by Gasteiger charge is 2.07. The van der Waals surface area contributed by atoms with Crippen LogP contribution in [-0.2, 0) is 4.79 Å². The maximum atomic E-state index is 12.1. The SMILES string of the molecule is Cl.Cl.NCCCCCCC(=O)Nc1cccc(NC(=O)c2ccncc2)c1. The predicted octanol–water partition coefficient (Wildman–Crippen LogP) is 4.03. The van der Waals surface area contributed by atoms with Crippen molar-refractivity contribution in [3.05, 3.63) is 54.4 Å². The number of pyridine rings is 1. The van der Waals surface area contributed by atoms with E-state index in [-0.39, 0.29) is 36.6 Å². The highest BCUT2D eigenvalue weighted by Crippen LogP contribution is 2.16. The summed E-state index contributed by atoms with van der Waals surface area (Å²) in [7, 11) is 0. The molecule has 1 aromatic heterocycles. The molecule has 6 nitrogen and oxygen atoms in total. The van der Waals surface area contributed by atoms with Gasteiger partial charge in [-0.05, 0) is 49.7 Å². The Bertz CT molecular complexity index is 699. The Morgan fingerprint density at radius 1 is 0.889 bits per heavy atom. The average molecular weight is 413 g/mol. The number of unbranched alkanes of at least 4 members (excludes halogenated alkanes) is 3. The third-order valence-electron chi connectivity index (χ3n) is 3.70. The molecular weight excluding hydrogens is 387 g/mol. The fraction of sp³-hybridized carbons (Fsp3) is 0.316. The summed E-state index contributed by atoms with van der Waals surface area (Å²) >= 11 is 0. The number of nitrogens with two attached hydrogens (primary N) is 1. The van der Waals surface area contributed by atoms with Gasteiger partial charge >= 0.3 is 0 Å². The standard InChI is InChI=1S/C19H24N4O2.2ClH/c20-11-4-2-1-3-8-18(24)22-16-6-5-7-17(14-16)23-19(25)15-9-12-21-13-10-15;;/h5-7,9-10,12-14H,1-4,8,11,20H2,(H,22,24)(H,23,25);2*1H. The maximum Gasteiger partial charge on any atom is 0.255 e. The highest BCUT2D eigenvalue weighted by molar-refractivity contribution is 6.04. The first-order chi connectivity index (χ1) is 12.2. The number of hydrogen-bond donors (Lipinski definition) is 3. The van der Waals surface area contributed by atoms with E-state index in [2.05, 4.69) is 15.6 Å². The summed E-state index contributed by atoms with van der Waals surface area (Å²) in [5.41, 5.74) is 7.27. The molecule has 27 heavy (non-hydrogen) atoms. The van der Waals surface area contributed by atoms with Crippen LogP contribution in [0.5, 0.6) is 0 Å². The minimum atomic E-state index is -0.217. The van der Waals surface area contributed by atoms with Crippen molar-refractivity contribution in [1.82, 2.24) is 4.98 Å². The summed E-state index contributed by atoms with van der Waals surface area (Å²) in [6, 6.07) is 10.4. The summed E-state index contributed by atoms with van der Waals surface area (Å²) in [5.74, 6) is -0.240. The number of carbonyl (C=O) groups is 2. The molecule has 0 aliphatic rings. The van der Waals surface area contributed by atoms with Crippen LogP contribution in [0.2, 0.25) is 0 Å². The molecule has 0 saturated heterocycles. The average Bonchev–Trinajstić information content (AvgIpc) is 2.62. The molecular formula is C19H26Cl2N4O2. The van der Waals surface area contributed by atoms with Crippen molar-refractivity contribution in [2.45, 2.75) is 32.1 Å². The Balaban J connectivity index is 0.00000338. The first kappa shape index (κ1) is 24.8. The third kappa shape index (κ3) is 9.38. The Morgan fingerprint density at radius 3 is 2.19 bits per heavy atom. The van der Waals surface area contributed by atoms with Crippen molar-refractivity contribution in [1.29, 1.82) is 0 Å². The monoisotopic (exact) mass is 412 g/mol. The molecule has 2 rings (SSSR count). The van der Waals surface area contributed by atoms with Gasteiger partial charge < -0.3 is 16.4 Å². The number of carbonyl (C=O) groups excluding carboxylic acids is 2. The van der Waals surface area contributed by atoms with E-state index in [4.69, 9.17) is 5.73 Å². The molecule has 0 atom stereocenters. The number of aromatic nitrogens is 1. The molecule has 148 valence electrons. The predicted molar refractivity (Wildman–Crippen MR) is 114 cm³/mol. The lowest BCUT2D eigenvalue weighted by molar-refractivity contribution is -0.116. The first-order valence-corrected chi connectivity index (χ1v) is 8.50. The van der Waals surface area contributed by atoms with Crippen molar-refractivity contribution in [2.24, 2.45) is 5.73 Å². The van der Waals surface area contributed by atoms with Crippen molar-refractivity contribution < 1.29 is 9.59 Å². The number of halogens is 2. The molecule has 0 radical (unpaired) electrons. The first-order valence-electron chi connectivity index (χ1n) is 8.50. The summed E-state index contributed by atoms with van der Waals surface area (Å²) < 4.78 is 0. The fourth-order valence-electron chi connectivity index (χ4n) is 2.39. The third-order valence-corrected chi connectivity index (χ3v) is 3.70. The van der Waals surface area contributed by atoms with Crippen LogP contribution in [0.15, 0.2) is 48.8 Å². The van der Waals surface area contributed by atoms with E-state index in [1.165, 1.54) is 0 Å². The Morgan fingerprint density at radius 2 is 1.52 bits per heavy atom. The molecule has 0 aliphatic heterocycles. The minimum Gasteiger partial charge on any atom is -0.330 e. The summed E-state index contributed by atoms with van der Waals surface area (Å²) in [4.78, 5) is 28.0. The molecule has 4 N–H and O–H groups in total. The van der Waals surface area contributed by atoms with Crippen LogP contribution in [0.1, 0.15) is 42.5 Å². The smallest absolute Gasteiger partial charge is 0.255 e. The molecule has 0 unspecified atom stereocenters. The van der Waals surface area contributed by atoms with Gasteiger partial charge in [0, 0.05) is 35.8 Å². The molecule has 2 aromatic rings. The van der Waals surface area contributed by atoms with Gasteiger partial charge in [0.25, 0.3) is 5.91 Å². The van der Waals surface area contributed by atoms with Gasteiger partial charge in [-0.25, -0.2) is 0 Å². The quantitative estimate of drug-likeness (QED) is 0.541. The lowest BCUT2D eigenvalue weighted by Crippen LogP contribution is -2.13. The Kier molecular flexibility index (Phi) is 12.9. The molecule has 0 fully saturated rings. The van der Waals surface area contributed by atoms with Crippen LogP contribution in [0.4, 0.5) is 11.4 Å². The van der Waals surface area contributed by atoms with E-state index < -0.39 is 0 Å². The molecule has 0 saturated carbocycles. The molecule has 1 aromatic carbocycles. The zero-order valence-electron chi connectivity index (χ0n) is 15.0. The van der Waals surface area contributed by atoms with Gasteiger partial charge in [-0.2, -0.15) is 0 Å². The lowest BCUT2D eigenvalue weighted by atomic mass is 10.1. The number of anilines is 2. The van der Waals surface area contributed by atoms with E-state index in [9.17, 15) is 9.59 Å². The van der Waals surface area contributed by atoms with Crippen molar-refractivity contribution in [2.75, 3.05) is 17.2 Å². The largest absolute Gasteiger partial charge is 0.330 e. The van der Waals surface area contributed by atoms with Crippen LogP contribution in [-0.4, -0.2) is 23.3 Å². The lowest BCUT2D eigenvalue weighted by Gasteiger charge is -2.09. The van der Waals surface area contributed by atoms with Gasteiger partial charge in [0.1, 0.15) is 0 Å². The van der Waals surface area contributed by atoms with E-state index in [1.807, 2.05) is 0 Å². The number of rotatable bonds is 9. The second kappa shape index (κ2) is 14.0. The minimum absolute atomic E-state index is 0. The van der Waals surface area contributed by atoms with Gasteiger partial charge in [-0.15, -0.1) is 24.8 Å². The van der Waals surface area contributed by atoms with Gasteiger partial charge in [-0.1, -0.05) is 18.9 Å². The summed E-state index contributed by atoms with van der Waals surface area (Å²) in [5, 5.41) is 5.67. The highest BCUT2D eigenvalue weighted by atomic mass is 35.5. The van der Waals surface area contributed by atoms with Crippen molar-refractivity contribution in [3.8, 4) is 0 Å². The second-order valence-corrected chi connectivity index (χ2v) is 5.77. The van der Waals surface area contributed by atoms with Crippen LogP contribution < -0.4 is 16.4 Å². The second-order valence-electron chi connectivity index (χ2n) is 5.77. The zero-order chi connectivity index (χ0) is 17.9. The topological polar surface area (TPSA) is 97.1 Å². The van der Waals surface area contributed by atoms with Gasteiger partial charge in [0.2, 0.25) is 5.91 Å². The van der Waals surface area contributed by atoms with Crippen molar-refractivity contribution >= 4 is 48.0 Å². The number of nitrogens with one attached hydrogen (secondary N) is 2. The van der Waals surface area contributed by atoms with Gasteiger partial charge in [0.05, 0.1) is 0 Å². The van der Waals surface area contributed by atoms with Crippen LogP contribution >= 0.6 is 24.8 Å². The molecule has 0 bridgehead atoms. The van der Waals surface area contributed by atoms with E-state index in [1.54, 1.807) is 48.8 Å².